The van der Waals surface area contributed by atoms with Crippen LogP contribution in [0.25, 0.3) is 0 Å². The molecular weight excluding hydrogens is 973 g/mol. The maximum atomic E-state index is 12.9. The Kier molecular flexibility index (Phi) is 62.8. The van der Waals surface area contributed by atoms with Crippen LogP contribution in [0.5, 0.6) is 0 Å². The number of ether oxygens (including phenoxy) is 3. The van der Waals surface area contributed by atoms with Crippen molar-refractivity contribution in [3.63, 3.8) is 0 Å². The highest BCUT2D eigenvalue weighted by Gasteiger charge is 2.19. The van der Waals surface area contributed by atoms with Gasteiger partial charge in [-0.3, -0.25) is 14.4 Å². The fraction of sp³-hybridized carbons (Fsp3) is 0.685. The molecule has 0 aliphatic heterocycles. The average Bonchev–Trinajstić information content (AvgIpc) is 3.45. The predicted octanol–water partition coefficient (Wildman–Crippen LogP) is 22.8. The van der Waals surface area contributed by atoms with Gasteiger partial charge in [0.05, 0.1) is 0 Å². The number of hydrogen-bond donors (Lipinski definition) is 0. The Balaban J connectivity index is 4.44. The largest absolute Gasteiger partial charge is 0.462 e. The molecule has 0 aromatic heterocycles. The van der Waals surface area contributed by atoms with Crippen molar-refractivity contribution >= 4 is 17.9 Å². The Morgan fingerprint density at radius 2 is 0.494 bits per heavy atom. The van der Waals surface area contributed by atoms with Crippen LogP contribution in [0.2, 0.25) is 0 Å². The Bertz CT molecular complexity index is 1640. The van der Waals surface area contributed by atoms with Gasteiger partial charge in [0.1, 0.15) is 13.2 Å². The molecule has 0 radical (unpaired) electrons. The second-order valence-corrected chi connectivity index (χ2v) is 21.6. The van der Waals surface area contributed by atoms with Crippen LogP contribution in [0.4, 0.5) is 0 Å². The van der Waals surface area contributed by atoms with Crippen molar-refractivity contribution in [2.75, 3.05) is 13.2 Å². The van der Waals surface area contributed by atoms with E-state index in [1.165, 1.54) is 128 Å². The van der Waals surface area contributed by atoms with E-state index < -0.39 is 6.10 Å². The van der Waals surface area contributed by atoms with Gasteiger partial charge >= 0.3 is 17.9 Å². The minimum atomic E-state index is -0.797. The molecule has 0 N–H and O–H groups in total. The van der Waals surface area contributed by atoms with Crippen LogP contribution in [0.1, 0.15) is 303 Å². The van der Waals surface area contributed by atoms with Crippen LogP contribution in [0, 0.1) is 0 Å². The summed E-state index contributed by atoms with van der Waals surface area (Å²) in [5, 5.41) is 0. The lowest BCUT2D eigenvalue weighted by Gasteiger charge is -2.18. The predicted molar refractivity (Wildman–Crippen MR) is 343 cm³/mol. The van der Waals surface area contributed by atoms with Gasteiger partial charge in [0, 0.05) is 19.3 Å². The average molecular weight is 1100 g/mol. The molecule has 0 heterocycles. The van der Waals surface area contributed by atoms with Gasteiger partial charge < -0.3 is 14.2 Å². The van der Waals surface area contributed by atoms with Crippen LogP contribution in [0.3, 0.4) is 0 Å². The summed E-state index contributed by atoms with van der Waals surface area (Å²) in [4.78, 5) is 38.4. The number of carbonyl (C=O) groups is 3. The highest BCUT2D eigenvalue weighted by molar-refractivity contribution is 5.71. The van der Waals surface area contributed by atoms with E-state index in [1.54, 1.807) is 0 Å². The van der Waals surface area contributed by atoms with Crippen molar-refractivity contribution < 1.29 is 28.6 Å². The summed E-state index contributed by atoms with van der Waals surface area (Å²) in [6, 6.07) is 0. The van der Waals surface area contributed by atoms with Crippen LogP contribution in [-0.2, 0) is 28.6 Å². The zero-order valence-corrected chi connectivity index (χ0v) is 51.6. The summed E-state index contributed by atoms with van der Waals surface area (Å²) in [7, 11) is 0. The van der Waals surface area contributed by atoms with Crippen LogP contribution in [-0.4, -0.2) is 37.2 Å². The number of unbranched alkanes of at least 4 members (excludes halogenated alkanes) is 28. The van der Waals surface area contributed by atoms with Gasteiger partial charge in [-0.15, -0.1) is 0 Å². The fourth-order valence-electron chi connectivity index (χ4n) is 8.98. The molecule has 0 aliphatic carbocycles. The van der Waals surface area contributed by atoms with Crippen molar-refractivity contribution in [3.8, 4) is 0 Å². The summed E-state index contributed by atoms with van der Waals surface area (Å²) >= 11 is 0. The van der Waals surface area contributed by atoms with Gasteiger partial charge in [-0.1, -0.05) is 271 Å². The number of allylic oxidation sites excluding steroid dienone is 20. The van der Waals surface area contributed by atoms with Crippen LogP contribution in [0.15, 0.2) is 122 Å². The van der Waals surface area contributed by atoms with Gasteiger partial charge in [-0.25, -0.2) is 0 Å². The van der Waals surface area contributed by atoms with E-state index >= 15 is 0 Å². The van der Waals surface area contributed by atoms with Gasteiger partial charge in [0.15, 0.2) is 6.10 Å². The molecule has 0 fully saturated rings. The fourth-order valence-corrected chi connectivity index (χ4v) is 8.98. The normalized spacial score (nSPS) is 12.9. The Hall–Kier alpha value is -4.19. The first-order chi connectivity index (χ1) is 39.0. The summed E-state index contributed by atoms with van der Waals surface area (Å²) in [5.41, 5.74) is 0. The molecular formula is C73H122O6. The standard InChI is InChI=1S/C73H122O6/c1-4-7-10-13-16-19-22-25-28-31-34-35-36-37-38-39-40-43-45-48-51-54-57-60-63-66-72(75)78-69-70(79-73(76)67-64-61-58-55-52-49-46-42-33-30-27-24-21-18-15-12-9-6-3)68-77-71(74)65-62-59-56-53-50-47-44-41-32-29-26-23-20-17-14-11-8-5-2/h7,10,16,19-21,23-25,28-30,32-35,37-38,40,43,70H,4-6,8-9,11-15,17-18,22,26-27,31,36,39,41-42,44-69H2,1-3H3/b10-7-,19-16-,23-20-,24-21-,28-25-,32-29-,33-30-,35-34-,38-37-,43-40-. The molecule has 0 bridgehead atoms. The molecule has 1 atom stereocenters. The first kappa shape index (κ1) is 74.8. The first-order valence-corrected chi connectivity index (χ1v) is 33.0. The minimum absolute atomic E-state index is 0.0920. The second kappa shape index (κ2) is 66.3. The Morgan fingerprint density at radius 3 is 0.772 bits per heavy atom. The van der Waals surface area contributed by atoms with E-state index in [9.17, 15) is 14.4 Å². The number of esters is 3. The van der Waals surface area contributed by atoms with Crippen molar-refractivity contribution in [3.05, 3.63) is 122 Å². The SMILES string of the molecule is CC/C=C\C/C=C\C/C=C\C/C=C\C/C=C\C/C=C\CCCCCCCCC(=O)OCC(COC(=O)CCCCCCCCC/C=C\C/C=C\CCCCCC)OC(=O)CCCCCCCCC/C=C\C/C=C\CCCCCC. The van der Waals surface area contributed by atoms with E-state index in [4.69, 9.17) is 14.2 Å². The first-order valence-electron chi connectivity index (χ1n) is 33.0. The van der Waals surface area contributed by atoms with Crippen molar-refractivity contribution in [2.24, 2.45) is 0 Å². The highest BCUT2D eigenvalue weighted by Crippen LogP contribution is 2.15. The molecule has 79 heavy (non-hydrogen) atoms. The molecule has 0 aromatic rings. The minimum Gasteiger partial charge on any atom is -0.462 e. The lowest BCUT2D eigenvalue weighted by molar-refractivity contribution is -0.167. The van der Waals surface area contributed by atoms with Gasteiger partial charge in [0.2, 0.25) is 0 Å². The molecule has 0 saturated carbocycles. The lowest BCUT2D eigenvalue weighted by atomic mass is 10.1. The third-order valence-corrected chi connectivity index (χ3v) is 13.9. The molecule has 6 heteroatoms. The molecule has 0 spiro atoms. The van der Waals surface area contributed by atoms with Crippen LogP contribution >= 0.6 is 0 Å². The van der Waals surface area contributed by atoms with E-state index in [0.29, 0.717) is 19.3 Å². The summed E-state index contributed by atoms with van der Waals surface area (Å²) in [6.07, 6.45) is 91.9. The number of carbonyl (C=O) groups excluding carboxylic acids is 3. The highest BCUT2D eigenvalue weighted by atomic mass is 16.6. The summed E-state index contributed by atoms with van der Waals surface area (Å²) < 4.78 is 16.9. The van der Waals surface area contributed by atoms with Crippen molar-refractivity contribution in [2.45, 2.75) is 309 Å². The maximum absolute atomic E-state index is 12.9. The van der Waals surface area contributed by atoms with E-state index in [2.05, 4.69) is 142 Å². The number of hydrogen-bond acceptors (Lipinski definition) is 6. The van der Waals surface area contributed by atoms with E-state index in [0.717, 1.165) is 135 Å². The van der Waals surface area contributed by atoms with Crippen molar-refractivity contribution in [1.29, 1.82) is 0 Å². The monoisotopic (exact) mass is 1090 g/mol. The quantitative estimate of drug-likeness (QED) is 0.0261. The third kappa shape index (κ3) is 64.5. The molecule has 6 nitrogen and oxygen atoms in total. The Labute approximate surface area is 488 Å². The molecule has 0 rings (SSSR count). The topological polar surface area (TPSA) is 78.9 Å². The maximum Gasteiger partial charge on any atom is 0.306 e. The van der Waals surface area contributed by atoms with Gasteiger partial charge in [-0.05, 0) is 135 Å². The van der Waals surface area contributed by atoms with Crippen molar-refractivity contribution in [1.82, 2.24) is 0 Å². The van der Waals surface area contributed by atoms with E-state index in [1.807, 2.05) is 0 Å². The Morgan fingerprint density at radius 1 is 0.266 bits per heavy atom. The van der Waals surface area contributed by atoms with Crippen LogP contribution < -0.4 is 0 Å². The third-order valence-electron chi connectivity index (χ3n) is 13.9. The molecule has 0 amide bonds. The molecule has 1 unspecified atom stereocenters. The van der Waals surface area contributed by atoms with Gasteiger partial charge in [0.25, 0.3) is 0 Å². The second-order valence-electron chi connectivity index (χ2n) is 21.6. The molecule has 450 valence electrons. The zero-order valence-electron chi connectivity index (χ0n) is 51.6. The molecule has 0 aliphatic rings. The molecule has 0 saturated heterocycles. The number of rotatable bonds is 59. The smallest absolute Gasteiger partial charge is 0.306 e. The summed E-state index contributed by atoms with van der Waals surface area (Å²) in [6.45, 7) is 6.49. The zero-order chi connectivity index (χ0) is 57.1. The lowest BCUT2D eigenvalue weighted by Crippen LogP contribution is -2.30. The summed E-state index contributed by atoms with van der Waals surface area (Å²) in [5.74, 6) is -0.915. The molecule has 0 aromatic carbocycles. The van der Waals surface area contributed by atoms with E-state index in [-0.39, 0.29) is 31.1 Å². The van der Waals surface area contributed by atoms with Gasteiger partial charge in [-0.2, -0.15) is 0 Å².